The van der Waals surface area contributed by atoms with Gasteiger partial charge in [-0.15, -0.1) is 0 Å². The van der Waals surface area contributed by atoms with Gasteiger partial charge in [0.2, 0.25) is 0 Å². The van der Waals surface area contributed by atoms with Crippen LogP contribution in [0.1, 0.15) is 17.7 Å². The Labute approximate surface area is 77.1 Å². The van der Waals surface area contributed by atoms with E-state index < -0.39 is 0 Å². The number of likely N-dealkylation sites (tertiary alicyclic amines) is 1. The molecule has 0 bridgehead atoms. The van der Waals surface area contributed by atoms with Crippen molar-refractivity contribution in [3.05, 3.63) is 17.5 Å². The van der Waals surface area contributed by atoms with Crippen LogP contribution < -0.4 is 0 Å². The third kappa shape index (κ3) is 1.89. The molecule has 13 heavy (non-hydrogen) atoms. The van der Waals surface area contributed by atoms with E-state index in [4.69, 9.17) is 4.52 Å². The first kappa shape index (κ1) is 8.72. The number of hydrogen-bond acceptors (Lipinski definition) is 4. The summed E-state index contributed by atoms with van der Waals surface area (Å²) in [7, 11) is 0. The van der Waals surface area contributed by atoms with E-state index in [-0.39, 0.29) is 6.10 Å². The predicted octanol–water partition coefficient (Wildman–Crippen LogP) is 0.550. The molecule has 1 aromatic heterocycles. The molecule has 2 heterocycles. The maximum atomic E-state index is 9.32. The highest BCUT2D eigenvalue weighted by Gasteiger charge is 2.21. The van der Waals surface area contributed by atoms with Crippen LogP contribution in [0.25, 0.3) is 0 Å². The Morgan fingerprint density at radius 2 is 2.62 bits per heavy atom. The van der Waals surface area contributed by atoms with Gasteiger partial charge < -0.3 is 9.63 Å². The predicted molar refractivity (Wildman–Crippen MR) is 47.1 cm³/mol. The highest BCUT2D eigenvalue weighted by Crippen LogP contribution is 2.15. The third-order valence-electron chi connectivity index (χ3n) is 2.49. The van der Waals surface area contributed by atoms with Gasteiger partial charge in [0.25, 0.3) is 0 Å². The van der Waals surface area contributed by atoms with Crippen molar-refractivity contribution >= 4 is 0 Å². The highest BCUT2D eigenvalue weighted by atomic mass is 16.5. The second-order valence-corrected chi connectivity index (χ2v) is 3.58. The van der Waals surface area contributed by atoms with Gasteiger partial charge in [-0.05, 0) is 13.3 Å². The molecule has 1 aliphatic heterocycles. The zero-order chi connectivity index (χ0) is 9.26. The van der Waals surface area contributed by atoms with Crippen molar-refractivity contribution in [2.24, 2.45) is 0 Å². The van der Waals surface area contributed by atoms with Crippen LogP contribution in [0.15, 0.2) is 10.7 Å². The van der Waals surface area contributed by atoms with Gasteiger partial charge >= 0.3 is 0 Å². The molecule has 1 atom stereocenters. The Morgan fingerprint density at radius 1 is 1.77 bits per heavy atom. The fourth-order valence-electron chi connectivity index (χ4n) is 1.67. The van der Waals surface area contributed by atoms with E-state index in [9.17, 15) is 5.11 Å². The van der Waals surface area contributed by atoms with Crippen LogP contribution in [0.2, 0.25) is 0 Å². The van der Waals surface area contributed by atoms with E-state index >= 15 is 0 Å². The van der Waals surface area contributed by atoms with Gasteiger partial charge in [0, 0.05) is 25.2 Å². The van der Waals surface area contributed by atoms with Gasteiger partial charge in [-0.2, -0.15) is 0 Å². The Hall–Kier alpha value is -0.870. The normalized spacial score (nSPS) is 24.0. The monoisotopic (exact) mass is 182 g/mol. The van der Waals surface area contributed by atoms with Crippen molar-refractivity contribution in [2.45, 2.75) is 26.0 Å². The zero-order valence-corrected chi connectivity index (χ0v) is 7.73. The third-order valence-corrected chi connectivity index (χ3v) is 2.49. The summed E-state index contributed by atoms with van der Waals surface area (Å²) in [5, 5.41) is 13.0. The number of aliphatic hydroxyl groups is 1. The summed E-state index contributed by atoms with van der Waals surface area (Å²) in [5.41, 5.74) is 1.12. The smallest absolute Gasteiger partial charge is 0.138 e. The summed E-state index contributed by atoms with van der Waals surface area (Å²) in [4.78, 5) is 2.21. The largest absolute Gasteiger partial charge is 0.392 e. The van der Waals surface area contributed by atoms with Crippen LogP contribution in [0, 0.1) is 6.92 Å². The molecule has 1 unspecified atom stereocenters. The second-order valence-electron chi connectivity index (χ2n) is 3.58. The van der Waals surface area contributed by atoms with Crippen molar-refractivity contribution < 1.29 is 9.63 Å². The number of β-amino-alcohol motifs (C(OH)–C–C–N with tert-alkyl or cyclic N) is 1. The molecule has 1 saturated heterocycles. The summed E-state index contributed by atoms with van der Waals surface area (Å²) >= 11 is 0. The topological polar surface area (TPSA) is 49.5 Å². The Balaban J connectivity index is 1.95. The van der Waals surface area contributed by atoms with Gasteiger partial charge in [0.15, 0.2) is 0 Å². The maximum Gasteiger partial charge on any atom is 0.138 e. The van der Waals surface area contributed by atoms with Crippen LogP contribution in [-0.4, -0.2) is 34.4 Å². The highest BCUT2D eigenvalue weighted by molar-refractivity contribution is 5.11. The number of aryl methyl sites for hydroxylation is 1. The molecular formula is C9H14N2O2. The van der Waals surface area contributed by atoms with E-state index in [0.29, 0.717) is 0 Å². The van der Waals surface area contributed by atoms with Crippen molar-refractivity contribution in [3.8, 4) is 0 Å². The van der Waals surface area contributed by atoms with Crippen LogP contribution in [0.3, 0.4) is 0 Å². The Bertz CT molecular complexity index is 285. The molecule has 1 fully saturated rings. The van der Waals surface area contributed by atoms with E-state index in [1.165, 1.54) is 0 Å². The van der Waals surface area contributed by atoms with E-state index in [2.05, 4.69) is 10.1 Å². The number of aliphatic hydroxyl groups excluding tert-OH is 1. The summed E-state index contributed by atoms with van der Waals surface area (Å²) in [5.74, 6) is 0.876. The maximum absolute atomic E-state index is 9.32. The van der Waals surface area contributed by atoms with Crippen molar-refractivity contribution in [1.29, 1.82) is 0 Å². The number of hydrogen-bond donors (Lipinski definition) is 1. The number of aromatic nitrogens is 1. The summed E-state index contributed by atoms with van der Waals surface area (Å²) in [6.07, 6.45) is 2.48. The molecule has 72 valence electrons. The standard InChI is InChI=1S/C9H14N2O2/c1-7-8(4-10-13-7)5-11-3-2-9(12)6-11/h4,9,12H,2-3,5-6H2,1H3. The molecule has 4 nitrogen and oxygen atoms in total. The molecule has 1 N–H and O–H groups in total. The fourth-order valence-corrected chi connectivity index (χ4v) is 1.67. The van der Waals surface area contributed by atoms with Crippen molar-refractivity contribution in [3.63, 3.8) is 0 Å². The first-order valence-corrected chi connectivity index (χ1v) is 4.56. The lowest BCUT2D eigenvalue weighted by molar-refractivity contribution is 0.174. The van der Waals surface area contributed by atoms with E-state index in [0.717, 1.165) is 37.4 Å². The Morgan fingerprint density at radius 3 is 3.15 bits per heavy atom. The molecule has 1 aromatic rings. The van der Waals surface area contributed by atoms with Gasteiger partial charge in [0.1, 0.15) is 5.76 Å². The lowest BCUT2D eigenvalue weighted by atomic mass is 10.2. The van der Waals surface area contributed by atoms with E-state index in [1.807, 2.05) is 6.92 Å². The molecule has 2 rings (SSSR count). The summed E-state index contributed by atoms with van der Waals surface area (Å²) in [6.45, 7) is 4.48. The minimum atomic E-state index is -0.153. The van der Waals surface area contributed by atoms with Crippen molar-refractivity contribution in [1.82, 2.24) is 10.1 Å². The summed E-state index contributed by atoms with van der Waals surface area (Å²) in [6, 6.07) is 0. The molecule has 0 amide bonds. The second kappa shape index (κ2) is 3.47. The average Bonchev–Trinajstić information content (AvgIpc) is 2.64. The molecule has 1 aliphatic rings. The quantitative estimate of drug-likeness (QED) is 0.725. The van der Waals surface area contributed by atoms with Gasteiger partial charge in [-0.3, -0.25) is 4.90 Å². The van der Waals surface area contributed by atoms with Gasteiger partial charge in [-0.1, -0.05) is 5.16 Å². The Kier molecular flexibility index (Phi) is 2.33. The average molecular weight is 182 g/mol. The lowest BCUT2D eigenvalue weighted by Crippen LogP contribution is -2.21. The molecular weight excluding hydrogens is 168 g/mol. The number of rotatable bonds is 2. The van der Waals surface area contributed by atoms with Gasteiger partial charge in [0.05, 0.1) is 12.3 Å². The van der Waals surface area contributed by atoms with Crippen LogP contribution >= 0.6 is 0 Å². The molecule has 0 spiro atoms. The van der Waals surface area contributed by atoms with Crippen molar-refractivity contribution in [2.75, 3.05) is 13.1 Å². The number of nitrogens with zero attached hydrogens (tertiary/aromatic N) is 2. The SMILES string of the molecule is Cc1oncc1CN1CCC(O)C1. The first-order chi connectivity index (χ1) is 6.25. The van der Waals surface area contributed by atoms with Crippen LogP contribution in [0.4, 0.5) is 0 Å². The minimum absolute atomic E-state index is 0.153. The molecule has 4 heteroatoms. The molecule has 0 saturated carbocycles. The zero-order valence-electron chi connectivity index (χ0n) is 7.73. The fraction of sp³-hybridized carbons (Fsp3) is 0.667. The molecule has 0 aliphatic carbocycles. The molecule has 0 radical (unpaired) electrons. The summed E-state index contributed by atoms with van der Waals surface area (Å²) < 4.78 is 4.96. The van der Waals surface area contributed by atoms with E-state index in [1.54, 1.807) is 6.20 Å². The van der Waals surface area contributed by atoms with Crippen LogP contribution in [0.5, 0.6) is 0 Å². The van der Waals surface area contributed by atoms with Crippen LogP contribution in [-0.2, 0) is 6.54 Å². The minimum Gasteiger partial charge on any atom is -0.392 e. The first-order valence-electron chi connectivity index (χ1n) is 4.56. The van der Waals surface area contributed by atoms with Gasteiger partial charge in [-0.25, -0.2) is 0 Å². The lowest BCUT2D eigenvalue weighted by Gasteiger charge is -2.12. The molecule has 0 aromatic carbocycles.